The van der Waals surface area contributed by atoms with Crippen LogP contribution in [0, 0.1) is 11.3 Å². The maximum atomic E-state index is 12.3. The van der Waals surface area contributed by atoms with E-state index >= 15 is 0 Å². The highest BCUT2D eigenvalue weighted by Crippen LogP contribution is 2.34. The fraction of sp³-hybridized carbons (Fsp3) is 0.923. The van der Waals surface area contributed by atoms with Gasteiger partial charge in [-0.15, -0.1) is 0 Å². The van der Waals surface area contributed by atoms with Crippen LogP contribution in [0.4, 0.5) is 0 Å². The van der Waals surface area contributed by atoms with Gasteiger partial charge in [0.1, 0.15) is 0 Å². The van der Waals surface area contributed by atoms with E-state index in [2.05, 4.69) is 4.72 Å². The van der Waals surface area contributed by atoms with Gasteiger partial charge in [0, 0.05) is 18.6 Å². The highest BCUT2D eigenvalue weighted by molar-refractivity contribution is 7.87. The van der Waals surface area contributed by atoms with Crippen LogP contribution in [-0.2, 0) is 15.0 Å². The molecule has 6 nitrogen and oxygen atoms in total. The molecule has 1 rings (SSSR count). The molecule has 0 amide bonds. The molecule has 118 valence electrons. The van der Waals surface area contributed by atoms with Crippen molar-refractivity contribution < 1.29 is 18.3 Å². The highest BCUT2D eigenvalue weighted by atomic mass is 32.2. The van der Waals surface area contributed by atoms with Gasteiger partial charge in [0.25, 0.3) is 10.2 Å². The molecule has 0 radical (unpaired) electrons. The summed E-state index contributed by atoms with van der Waals surface area (Å²) in [6, 6.07) is 0. The van der Waals surface area contributed by atoms with Gasteiger partial charge in [-0.05, 0) is 53.4 Å². The predicted molar refractivity (Wildman–Crippen MR) is 77.5 cm³/mol. The molecule has 1 fully saturated rings. The summed E-state index contributed by atoms with van der Waals surface area (Å²) in [5.41, 5.74) is -1.47. The standard InChI is InChI=1S/C13H26N2O4S/c1-12(2,3)14-20(18,19)15-8-6-7-10(9-15)13(4,5)11(16)17/h10,14H,6-9H2,1-5H3,(H,16,17). The molecule has 1 heterocycles. The average Bonchev–Trinajstić information content (AvgIpc) is 2.25. The molecule has 2 N–H and O–H groups in total. The van der Waals surface area contributed by atoms with E-state index in [0.29, 0.717) is 13.0 Å². The van der Waals surface area contributed by atoms with Crippen molar-refractivity contribution in [1.29, 1.82) is 0 Å². The van der Waals surface area contributed by atoms with Crippen LogP contribution < -0.4 is 4.72 Å². The highest BCUT2D eigenvalue weighted by Gasteiger charge is 2.41. The van der Waals surface area contributed by atoms with E-state index in [0.717, 1.165) is 6.42 Å². The number of carboxylic acids is 1. The number of hydrogen-bond acceptors (Lipinski definition) is 3. The van der Waals surface area contributed by atoms with Gasteiger partial charge < -0.3 is 5.11 Å². The number of rotatable bonds is 4. The first kappa shape index (κ1) is 17.4. The van der Waals surface area contributed by atoms with Gasteiger partial charge in [0.15, 0.2) is 0 Å². The first-order chi connectivity index (χ1) is 8.86. The van der Waals surface area contributed by atoms with E-state index in [9.17, 15) is 18.3 Å². The third kappa shape index (κ3) is 4.17. The smallest absolute Gasteiger partial charge is 0.309 e. The Kier molecular flexibility index (Phi) is 4.88. The number of hydrogen-bond donors (Lipinski definition) is 2. The Bertz CT molecular complexity index is 465. The summed E-state index contributed by atoms with van der Waals surface area (Å²) < 4.78 is 28.6. The lowest BCUT2D eigenvalue weighted by Crippen LogP contribution is -2.53. The van der Waals surface area contributed by atoms with Gasteiger partial charge in [-0.25, -0.2) is 0 Å². The molecule has 0 spiro atoms. The quantitative estimate of drug-likeness (QED) is 0.823. The lowest BCUT2D eigenvalue weighted by atomic mass is 9.75. The number of nitrogens with zero attached hydrogens (tertiary/aromatic N) is 1. The molecule has 0 bridgehead atoms. The molecule has 7 heteroatoms. The van der Waals surface area contributed by atoms with Crippen LogP contribution in [0.25, 0.3) is 0 Å². The fourth-order valence-corrected chi connectivity index (χ4v) is 4.02. The maximum absolute atomic E-state index is 12.3. The van der Waals surface area contributed by atoms with Crippen molar-refractivity contribution >= 4 is 16.2 Å². The summed E-state index contributed by atoms with van der Waals surface area (Å²) >= 11 is 0. The number of piperidine rings is 1. The SMILES string of the molecule is CC(C)(C)NS(=O)(=O)N1CCCC(C(C)(C)C(=O)O)C1. The Morgan fingerprint density at radius 1 is 1.25 bits per heavy atom. The van der Waals surface area contributed by atoms with Gasteiger partial charge >= 0.3 is 5.97 Å². The summed E-state index contributed by atoms with van der Waals surface area (Å²) in [5, 5.41) is 9.29. The normalized spacial score (nSPS) is 22.8. The zero-order valence-electron chi connectivity index (χ0n) is 12.9. The van der Waals surface area contributed by atoms with Crippen molar-refractivity contribution in [1.82, 2.24) is 9.03 Å². The predicted octanol–water partition coefficient (Wildman–Crippen LogP) is 1.44. The summed E-state index contributed by atoms with van der Waals surface area (Å²) in [6.07, 6.45) is 1.42. The van der Waals surface area contributed by atoms with E-state index < -0.39 is 27.1 Å². The minimum atomic E-state index is -3.57. The molecule has 1 atom stereocenters. The first-order valence-electron chi connectivity index (χ1n) is 6.89. The second-order valence-electron chi connectivity index (χ2n) is 7.08. The molecule has 0 aromatic heterocycles. The lowest BCUT2D eigenvalue weighted by molar-refractivity contribution is -0.151. The van der Waals surface area contributed by atoms with Gasteiger partial charge in [-0.1, -0.05) is 0 Å². The molecule has 1 aliphatic heterocycles. The zero-order chi connectivity index (χ0) is 15.8. The molecular weight excluding hydrogens is 280 g/mol. The Morgan fingerprint density at radius 3 is 2.25 bits per heavy atom. The van der Waals surface area contributed by atoms with Crippen molar-refractivity contribution in [3.05, 3.63) is 0 Å². The van der Waals surface area contributed by atoms with Gasteiger partial charge in [-0.2, -0.15) is 17.4 Å². The van der Waals surface area contributed by atoms with E-state index in [1.54, 1.807) is 34.6 Å². The largest absolute Gasteiger partial charge is 0.481 e. The number of nitrogens with one attached hydrogen (secondary N) is 1. The van der Waals surface area contributed by atoms with Gasteiger partial charge in [-0.3, -0.25) is 4.79 Å². The molecule has 0 aromatic carbocycles. The zero-order valence-corrected chi connectivity index (χ0v) is 13.7. The average molecular weight is 306 g/mol. The molecule has 0 aliphatic carbocycles. The van der Waals surface area contributed by atoms with Crippen molar-refractivity contribution in [2.24, 2.45) is 11.3 Å². The number of carbonyl (C=O) groups is 1. The number of aliphatic carboxylic acids is 1. The van der Waals surface area contributed by atoms with Gasteiger partial charge in [0.05, 0.1) is 5.41 Å². The van der Waals surface area contributed by atoms with Crippen molar-refractivity contribution in [3.63, 3.8) is 0 Å². The van der Waals surface area contributed by atoms with E-state index in [-0.39, 0.29) is 12.5 Å². The number of carboxylic acid groups (broad SMARTS) is 1. The van der Waals surface area contributed by atoms with Crippen molar-refractivity contribution in [2.45, 2.75) is 53.0 Å². The minimum absolute atomic E-state index is 0.176. The van der Waals surface area contributed by atoms with Crippen LogP contribution in [0.3, 0.4) is 0 Å². The van der Waals surface area contributed by atoms with Crippen LogP contribution >= 0.6 is 0 Å². The van der Waals surface area contributed by atoms with Crippen LogP contribution in [0.2, 0.25) is 0 Å². The Hall–Kier alpha value is -0.660. The second-order valence-corrected chi connectivity index (χ2v) is 8.75. The minimum Gasteiger partial charge on any atom is -0.481 e. The monoisotopic (exact) mass is 306 g/mol. The molecule has 0 saturated carbocycles. The lowest BCUT2D eigenvalue weighted by Gasteiger charge is -2.39. The van der Waals surface area contributed by atoms with Crippen LogP contribution in [0.1, 0.15) is 47.5 Å². The molecule has 20 heavy (non-hydrogen) atoms. The fourth-order valence-electron chi connectivity index (χ4n) is 2.38. The summed E-state index contributed by atoms with van der Waals surface area (Å²) in [5.74, 6) is -1.06. The Balaban J connectivity index is 2.87. The third-order valence-corrected chi connectivity index (χ3v) is 5.61. The first-order valence-corrected chi connectivity index (χ1v) is 8.33. The van der Waals surface area contributed by atoms with E-state index in [1.807, 2.05) is 0 Å². The molecule has 1 saturated heterocycles. The molecule has 1 aliphatic rings. The summed E-state index contributed by atoms with van der Waals surface area (Å²) in [7, 11) is -3.57. The van der Waals surface area contributed by atoms with E-state index in [4.69, 9.17) is 0 Å². The van der Waals surface area contributed by atoms with Crippen molar-refractivity contribution in [2.75, 3.05) is 13.1 Å². The third-order valence-electron chi connectivity index (χ3n) is 3.73. The van der Waals surface area contributed by atoms with Crippen LogP contribution in [0.5, 0.6) is 0 Å². The molecular formula is C13H26N2O4S. The maximum Gasteiger partial charge on any atom is 0.309 e. The second kappa shape index (κ2) is 5.61. The topological polar surface area (TPSA) is 86.7 Å². The summed E-state index contributed by atoms with van der Waals surface area (Å²) in [6.45, 7) is 9.37. The van der Waals surface area contributed by atoms with Crippen LogP contribution in [-0.4, -0.2) is 42.4 Å². The van der Waals surface area contributed by atoms with Crippen LogP contribution in [0.15, 0.2) is 0 Å². The van der Waals surface area contributed by atoms with E-state index in [1.165, 1.54) is 4.31 Å². The molecule has 0 aromatic rings. The van der Waals surface area contributed by atoms with Gasteiger partial charge in [0.2, 0.25) is 0 Å². The van der Waals surface area contributed by atoms with Crippen molar-refractivity contribution in [3.8, 4) is 0 Å². The molecule has 1 unspecified atom stereocenters. The summed E-state index contributed by atoms with van der Waals surface area (Å²) in [4.78, 5) is 11.3. The Morgan fingerprint density at radius 2 is 1.80 bits per heavy atom. The Labute approximate surface area is 121 Å².